The first-order valence-corrected chi connectivity index (χ1v) is 7.33. The summed E-state index contributed by atoms with van der Waals surface area (Å²) < 4.78 is 0. The van der Waals surface area contributed by atoms with Crippen LogP contribution in [-0.4, -0.2) is 9.82 Å². The third-order valence-corrected chi connectivity index (χ3v) is 3.56. The number of nitro groups is 1. The van der Waals surface area contributed by atoms with E-state index in [-0.39, 0.29) is 5.69 Å². The molecule has 0 fully saturated rings. The third kappa shape index (κ3) is 3.95. The van der Waals surface area contributed by atoms with Crippen molar-refractivity contribution >= 4 is 11.8 Å². The SMILES string of the molecule is O=[N+]([O-])c1ccc(C=C2C=CN(Cc3ccccc3)C=C2)cc1. The van der Waals surface area contributed by atoms with Crippen LogP contribution in [0.1, 0.15) is 11.1 Å². The molecule has 1 heterocycles. The van der Waals surface area contributed by atoms with Crippen molar-refractivity contribution in [3.8, 4) is 0 Å². The summed E-state index contributed by atoms with van der Waals surface area (Å²) in [6.45, 7) is 0.832. The third-order valence-electron chi connectivity index (χ3n) is 3.56. The summed E-state index contributed by atoms with van der Waals surface area (Å²) >= 11 is 0. The van der Waals surface area contributed by atoms with Crippen molar-refractivity contribution in [3.05, 3.63) is 106 Å². The fourth-order valence-electron chi connectivity index (χ4n) is 2.35. The Labute approximate surface area is 134 Å². The molecule has 2 aromatic carbocycles. The maximum absolute atomic E-state index is 10.7. The molecule has 0 amide bonds. The molecule has 2 aromatic rings. The van der Waals surface area contributed by atoms with Crippen LogP contribution in [0.3, 0.4) is 0 Å². The minimum atomic E-state index is -0.390. The molecule has 0 aromatic heterocycles. The van der Waals surface area contributed by atoms with Gasteiger partial charge >= 0.3 is 0 Å². The highest BCUT2D eigenvalue weighted by Gasteiger charge is 2.04. The fourth-order valence-corrected chi connectivity index (χ4v) is 2.35. The number of hydrogen-bond donors (Lipinski definition) is 0. The lowest BCUT2D eigenvalue weighted by Crippen LogP contribution is -2.11. The van der Waals surface area contributed by atoms with Gasteiger partial charge in [0.25, 0.3) is 5.69 Å². The Hall–Kier alpha value is -3.14. The molecule has 0 saturated carbocycles. The maximum Gasteiger partial charge on any atom is 0.269 e. The van der Waals surface area contributed by atoms with Crippen LogP contribution in [0.2, 0.25) is 0 Å². The van der Waals surface area contributed by atoms with E-state index in [9.17, 15) is 10.1 Å². The Morgan fingerprint density at radius 2 is 1.61 bits per heavy atom. The molecule has 0 aliphatic carbocycles. The van der Waals surface area contributed by atoms with E-state index in [1.54, 1.807) is 12.1 Å². The van der Waals surface area contributed by atoms with E-state index in [1.807, 2.05) is 48.8 Å². The molecule has 114 valence electrons. The summed E-state index contributed by atoms with van der Waals surface area (Å²) in [6, 6.07) is 16.8. The van der Waals surface area contributed by atoms with E-state index in [2.05, 4.69) is 17.0 Å². The zero-order chi connectivity index (χ0) is 16.1. The molecule has 1 aliphatic heterocycles. The lowest BCUT2D eigenvalue weighted by atomic mass is 10.1. The topological polar surface area (TPSA) is 46.4 Å². The molecular formula is C19H16N2O2. The smallest absolute Gasteiger partial charge is 0.269 e. The molecule has 0 N–H and O–H groups in total. The van der Waals surface area contributed by atoms with Gasteiger partial charge in [-0.15, -0.1) is 0 Å². The molecule has 23 heavy (non-hydrogen) atoms. The van der Waals surface area contributed by atoms with Crippen molar-refractivity contribution in [2.75, 3.05) is 0 Å². The first-order valence-electron chi connectivity index (χ1n) is 7.33. The summed E-state index contributed by atoms with van der Waals surface area (Å²) in [7, 11) is 0. The summed E-state index contributed by atoms with van der Waals surface area (Å²) in [5.41, 5.74) is 3.36. The molecule has 3 rings (SSSR count). The zero-order valence-electron chi connectivity index (χ0n) is 12.5. The van der Waals surface area contributed by atoms with E-state index >= 15 is 0 Å². The molecule has 0 bridgehead atoms. The molecule has 0 unspecified atom stereocenters. The monoisotopic (exact) mass is 304 g/mol. The molecule has 0 saturated heterocycles. The number of non-ortho nitro benzene ring substituents is 1. The number of benzene rings is 2. The van der Waals surface area contributed by atoms with Crippen molar-refractivity contribution in [1.82, 2.24) is 4.90 Å². The van der Waals surface area contributed by atoms with Crippen LogP contribution >= 0.6 is 0 Å². The number of nitrogens with zero attached hydrogens (tertiary/aromatic N) is 2. The van der Waals surface area contributed by atoms with Gasteiger partial charge in [-0.2, -0.15) is 0 Å². The predicted molar refractivity (Wildman–Crippen MR) is 91.3 cm³/mol. The van der Waals surface area contributed by atoms with Crippen LogP contribution in [-0.2, 0) is 6.54 Å². The van der Waals surface area contributed by atoms with Crippen LogP contribution < -0.4 is 0 Å². The molecule has 0 spiro atoms. The van der Waals surface area contributed by atoms with Crippen molar-refractivity contribution in [2.45, 2.75) is 6.54 Å². The average Bonchev–Trinajstić information content (AvgIpc) is 2.58. The van der Waals surface area contributed by atoms with Crippen LogP contribution in [0.4, 0.5) is 5.69 Å². The fraction of sp³-hybridized carbons (Fsp3) is 0.0526. The van der Waals surface area contributed by atoms with E-state index in [1.165, 1.54) is 17.7 Å². The summed E-state index contributed by atoms with van der Waals surface area (Å²) in [5.74, 6) is 0. The standard InChI is InChI=1S/C19H16N2O2/c22-21(23)19-8-6-16(7-9-19)14-17-10-12-20(13-11-17)15-18-4-2-1-3-5-18/h1-14H,15H2. The number of rotatable bonds is 4. The molecule has 4 heteroatoms. The Balaban J connectivity index is 1.66. The minimum absolute atomic E-state index is 0.107. The van der Waals surface area contributed by atoms with Crippen molar-refractivity contribution in [2.24, 2.45) is 0 Å². The van der Waals surface area contributed by atoms with Gasteiger partial charge in [-0.25, -0.2) is 0 Å². The van der Waals surface area contributed by atoms with E-state index in [0.29, 0.717) is 0 Å². The van der Waals surface area contributed by atoms with Gasteiger partial charge in [-0.3, -0.25) is 10.1 Å². The highest BCUT2D eigenvalue weighted by Crippen LogP contribution is 2.18. The highest BCUT2D eigenvalue weighted by atomic mass is 16.6. The normalized spacial score (nSPS) is 13.2. The minimum Gasteiger partial charge on any atom is -0.350 e. The maximum atomic E-state index is 10.7. The summed E-state index contributed by atoms with van der Waals surface area (Å²) in [4.78, 5) is 12.4. The summed E-state index contributed by atoms with van der Waals surface area (Å²) in [6.07, 6.45) is 10.1. The Morgan fingerprint density at radius 1 is 0.957 bits per heavy atom. The average molecular weight is 304 g/mol. The van der Waals surface area contributed by atoms with Crippen LogP contribution in [0, 0.1) is 10.1 Å². The van der Waals surface area contributed by atoms with Crippen LogP contribution in [0.5, 0.6) is 0 Å². The predicted octanol–water partition coefficient (Wildman–Crippen LogP) is 4.52. The molecule has 0 atom stereocenters. The first-order chi connectivity index (χ1) is 11.2. The highest BCUT2D eigenvalue weighted by molar-refractivity contribution is 5.61. The van der Waals surface area contributed by atoms with Crippen LogP contribution in [0.15, 0.2) is 84.7 Å². The molecular weight excluding hydrogens is 288 g/mol. The van der Waals surface area contributed by atoms with E-state index in [4.69, 9.17) is 0 Å². The lowest BCUT2D eigenvalue weighted by molar-refractivity contribution is -0.384. The van der Waals surface area contributed by atoms with Gasteiger partial charge in [0, 0.05) is 31.1 Å². The van der Waals surface area contributed by atoms with E-state index in [0.717, 1.165) is 17.7 Å². The lowest BCUT2D eigenvalue weighted by Gasteiger charge is -2.18. The van der Waals surface area contributed by atoms with Crippen molar-refractivity contribution in [1.29, 1.82) is 0 Å². The van der Waals surface area contributed by atoms with Crippen molar-refractivity contribution in [3.63, 3.8) is 0 Å². The van der Waals surface area contributed by atoms with Gasteiger partial charge in [0.05, 0.1) is 4.92 Å². The summed E-state index contributed by atoms with van der Waals surface area (Å²) in [5, 5.41) is 10.7. The van der Waals surface area contributed by atoms with Gasteiger partial charge in [-0.1, -0.05) is 30.3 Å². The first kappa shape index (κ1) is 14.8. The van der Waals surface area contributed by atoms with Gasteiger partial charge in [0.15, 0.2) is 0 Å². The molecule has 4 nitrogen and oxygen atoms in total. The van der Waals surface area contributed by atoms with E-state index < -0.39 is 4.92 Å². The zero-order valence-corrected chi connectivity index (χ0v) is 12.5. The largest absolute Gasteiger partial charge is 0.350 e. The Morgan fingerprint density at radius 3 is 2.22 bits per heavy atom. The Kier molecular flexibility index (Phi) is 4.34. The second kappa shape index (κ2) is 6.75. The van der Waals surface area contributed by atoms with Crippen LogP contribution in [0.25, 0.3) is 6.08 Å². The van der Waals surface area contributed by atoms with Gasteiger partial charge in [0.1, 0.15) is 0 Å². The van der Waals surface area contributed by atoms with Crippen molar-refractivity contribution < 1.29 is 4.92 Å². The quantitative estimate of drug-likeness (QED) is 0.616. The second-order valence-corrected chi connectivity index (χ2v) is 5.28. The van der Waals surface area contributed by atoms with Gasteiger partial charge in [-0.05, 0) is 47.1 Å². The molecule has 1 aliphatic rings. The Bertz CT molecular complexity index is 759. The number of nitro benzene ring substituents is 1. The number of hydrogen-bond acceptors (Lipinski definition) is 3. The van der Waals surface area contributed by atoms with Gasteiger partial charge < -0.3 is 4.90 Å². The number of allylic oxidation sites excluding steroid dienone is 3. The molecule has 0 radical (unpaired) electrons. The second-order valence-electron chi connectivity index (χ2n) is 5.28. The van der Waals surface area contributed by atoms with Gasteiger partial charge in [0.2, 0.25) is 0 Å².